The zero-order chi connectivity index (χ0) is 13.9. The molecule has 1 N–H and O–H groups in total. The number of hydrogen-bond donors (Lipinski definition) is 1. The quantitative estimate of drug-likeness (QED) is 0.649. The highest BCUT2D eigenvalue weighted by atomic mass is 127. The molecule has 1 aliphatic carbocycles. The van der Waals surface area contributed by atoms with Gasteiger partial charge in [-0.05, 0) is 77.4 Å². The van der Waals surface area contributed by atoms with E-state index < -0.39 is 0 Å². The number of rotatable bonds is 5. The van der Waals surface area contributed by atoms with E-state index in [0.29, 0.717) is 0 Å². The minimum Gasteiger partial charge on any atom is -0.457 e. The van der Waals surface area contributed by atoms with Crippen LogP contribution in [0.2, 0.25) is 0 Å². The maximum Gasteiger partial charge on any atom is 0.128 e. The third-order valence-corrected chi connectivity index (χ3v) is 4.69. The lowest BCUT2D eigenvalue weighted by molar-refractivity contribution is 0.482. The summed E-state index contributed by atoms with van der Waals surface area (Å²) in [7, 11) is 0. The zero-order valence-corrected chi connectivity index (χ0v) is 14.6. The van der Waals surface area contributed by atoms with E-state index in [2.05, 4.69) is 49.9 Å². The fourth-order valence-electron chi connectivity index (χ4n) is 1.92. The normalized spacial score (nSPS) is 14.3. The summed E-state index contributed by atoms with van der Waals surface area (Å²) >= 11 is 5.91. The van der Waals surface area contributed by atoms with Crippen LogP contribution in [0, 0.1) is 3.57 Å². The fraction of sp³-hybridized carbons (Fsp3) is 0.250. The van der Waals surface area contributed by atoms with E-state index in [-0.39, 0.29) is 0 Å². The Hall–Kier alpha value is -0.590. The Morgan fingerprint density at radius 1 is 1.10 bits per heavy atom. The Bertz CT molecular complexity index is 596. The Balaban J connectivity index is 1.67. The van der Waals surface area contributed by atoms with Crippen LogP contribution in [0.15, 0.2) is 46.9 Å². The van der Waals surface area contributed by atoms with Crippen molar-refractivity contribution in [1.82, 2.24) is 5.32 Å². The van der Waals surface area contributed by atoms with Gasteiger partial charge in [0.05, 0.1) is 0 Å². The van der Waals surface area contributed by atoms with E-state index in [0.717, 1.165) is 28.6 Å². The first-order valence-electron chi connectivity index (χ1n) is 6.66. The molecule has 0 heterocycles. The molecule has 0 aromatic heterocycles. The second kappa shape index (κ2) is 6.45. The monoisotopic (exact) mass is 443 g/mol. The van der Waals surface area contributed by atoms with Crippen molar-refractivity contribution in [2.45, 2.75) is 25.4 Å². The Kier molecular flexibility index (Phi) is 4.63. The molecule has 2 aromatic carbocycles. The summed E-state index contributed by atoms with van der Waals surface area (Å²) in [6, 6.07) is 14.9. The first-order chi connectivity index (χ1) is 9.70. The van der Waals surface area contributed by atoms with Gasteiger partial charge in [0, 0.05) is 20.6 Å². The number of hydrogen-bond acceptors (Lipinski definition) is 2. The largest absolute Gasteiger partial charge is 0.457 e. The lowest BCUT2D eigenvalue weighted by Crippen LogP contribution is -2.15. The molecular weight excluding hydrogens is 429 g/mol. The second-order valence-corrected chi connectivity index (χ2v) is 7.06. The highest BCUT2D eigenvalue weighted by molar-refractivity contribution is 14.1. The molecule has 4 heteroatoms. The van der Waals surface area contributed by atoms with Crippen LogP contribution >= 0.6 is 38.5 Å². The number of halogens is 2. The van der Waals surface area contributed by atoms with Crippen molar-refractivity contribution < 1.29 is 4.74 Å². The first-order valence-corrected chi connectivity index (χ1v) is 8.53. The smallest absolute Gasteiger partial charge is 0.128 e. The Morgan fingerprint density at radius 3 is 2.45 bits per heavy atom. The van der Waals surface area contributed by atoms with Crippen LogP contribution in [0.25, 0.3) is 0 Å². The van der Waals surface area contributed by atoms with E-state index in [1.807, 2.05) is 36.4 Å². The molecule has 0 radical (unpaired) electrons. The summed E-state index contributed by atoms with van der Waals surface area (Å²) in [5.41, 5.74) is 1.27. The van der Waals surface area contributed by atoms with E-state index in [9.17, 15) is 0 Å². The van der Waals surface area contributed by atoms with Crippen molar-refractivity contribution in [1.29, 1.82) is 0 Å². The molecule has 0 spiro atoms. The van der Waals surface area contributed by atoms with Gasteiger partial charge in [-0.2, -0.15) is 0 Å². The third-order valence-electron chi connectivity index (χ3n) is 3.23. The molecule has 3 rings (SSSR count). The van der Waals surface area contributed by atoms with Gasteiger partial charge in [0.2, 0.25) is 0 Å². The second-order valence-electron chi connectivity index (χ2n) is 4.96. The highest BCUT2D eigenvalue weighted by Gasteiger charge is 2.20. The minimum atomic E-state index is 0.726. The predicted octanol–water partition coefficient (Wildman–Crippen LogP) is 5.10. The molecular formula is C16H15BrINO. The van der Waals surface area contributed by atoms with Crippen molar-refractivity contribution in [3.63, 3.8) is 0 Å². The topological polar surface area (TPSA) is 21.3 Å². The molecule has 0 atom stereocenters. The van der Waals surface area contributed by atoms with Gasteiger partial charge in [0.15, 0.2) is 0 Å². The van der Waals surface area contributed by atoms with Gasteiger partial charge in [0.1, 0.15) is 11.5 Å². The van der Waals surface area contributed by atoms with Crippen LogP contribution in [0.4, 0.5) is 0 Å². The molecule has 104 valence electrons. The Labute approximate surface area is 141 Å². The maximum atomic E-state index is 5.85. The lowest BCUT2D eigenvalue weighted by Gasteiger charge is -2.10. The van der Waals surface area contributed by atoms with E-state index in [1.54, 1.807) is 0 Å². The molecule has 0 saturated heterocycles. The summed E-state index contributed by atoms with van der Waals surface area (Å²) in [6.45, 7) is 0.912. The molecule has 1 fully saturated rings. The fourth-order valence-corrected chi connectivity index (χ4v) is 2.77. The summed E-state index contributed by atoms with van der Waals surface area (Å²) in [6.07, 6.45) is 2.62. The van der Waals surface area contributed by atoms with Gasteiger partial charge in [-0.1, -0.05) is 22.0 Å². The molecule has 0 unspecified atom stereocenters. The lowest BCUT2D eigenvalue weighted by atomic mass is 10.2. The van der Waals surface area contributed by atoms with E-state index >= 15 is 0 Å². The number of benzene rings is 2. The van der Waals surface area contributed by atoms with Crippen LogP contribution in [0.5, 0.6) is 11.5 Å². The average molecular weight is 444 g/mol. The van der Waals surface area contributed by atoms with Gasteiger partial charge < -0.3 is 10.1 Å². The molecule has 2 aromatic rings. The van der Waals surface area contributed by atoms with Crippen LogP contribution in [-0.4, -0.2) is 6.04 Å². The van der Waals surface area contributed by atoms with Crippen LogP contribution < -0.4 is 10.1 Å². The summed E-state index contributed by atoms with van der Waals surface area (Å²) < 4.78 is 8.15. The molecule has 1 aliphatic rings. The molecule has 0 amide bonds. The van der Waals surface area contributed by atoms with Gasteiger partial charge in [-0.25, -0.2) is 0 Å². The van der Waals surface area contributed by atoms with Crippen molar-refractivity contribution in [3.05, 3.63) is 56.1 Å². The van der Waals surface area contributed by atoms with Gasteiger partial charge >= 0.3 is 0 Å². The third kappa shape index (κ3) is 3.96. The number of ether oxygens (including phenoxy) is 1. The zero-order valence-electron chi connectivity index (χ0n) is 10.9. The van der Waals surface area contributed by atoms with Gasteiger partial charge in [-0.15, -0.1) is 0 Å². The van der Waals surface area contributed by atoms with Crippen LogP contribution in [-0.2, 0) is 6.54 Å². The van der Waals surface area contributed by atoms with Gasteiger partial charge in [-0.3, -0.25) is 0 Å². The first kappa shape index (κ1) is 14.4. The molecule has 2 nitrogen and oxygen atoms in total. The predicted molar refractivity (Wildman–Crippen MR) is 93.2 cm³/mol. The summed E-state index contributed by atoms with van der Waals surface area (Å²) in [4.78, 5) is 0. The average Bonchev–Trinajstić information content (AvgIpc) is 3.25. The standard InChI is InChI=1S/C16H15BrINO/c17-16-9-15(20-14-7-2-12(18)3-8-14)6-1-11(16)10-19-13-4-5-13/h1-3,6-9,13,19H,4-5,10H2. The summed E-state index contributed by atoms with van der Waals surface area (Å²) in [5.74, 6) is 1.72. The molecule has 0 aliphatic heterocycles. The van der Waals surface area contributed by atoms with E-state index in [1.165, 1.54) is 22.0 Å². The van der Waals surface area contributed by atoms with Gasteiger partial charge in [0.25, 0.3) is 0 Å². The van der Waals surface area contributed by atoms with Crippen LogP contribution in [0.3, 0.4) is 0 Å². The molecule has 1 saturated carbocycles. The molecule has 0 bridgehead atoms. The Morgan fingerprint density at radius 2 is 1.80 bits per heavy atom. The highest BCUT2D eigenvalue weighted by Crippen LogP contribution is 2.28. The minimum absolute atomic E-state index is 0.726. The number of nitrogens with one attached hydrogen (secondary N) is 1. The maximum absolute atomic E-state index is 5.85. The summed E-state index contributed by atoms with van der Waals surface area (Å²) in [5, 5.41) is 3.52. The van der Waals surface area contributed by atoms with Crippen LogP contribution in [0.1, 0.15) is 18.4 Å². The SMILES string of the molecule is Brc1cc(Oc2ccc(I)cc2)ccc1CNC1CC1. The van der Waals surface area contributed by atoms with E-state index in [4.69, 9.17) is 4.74 Å². The van der Waals surface area contributed by atoms with Crippen molar-refractivity contribution in [2.75, 3.05) is 0 Å². The van der Waals surface area contributed by atoms with Crippen molar-refractivity contribution in [3.8, 4) is 11.5 Å². The van der Waals surface area contributed by atoms with Crippen molar-refractivity contribution in [2.24, 2.45) is 0 Å². The van der Waals surface area contributed by atoms with Crippen molar-refractivity contribution >= 4 is 38.5 Å². The molecule has 20 heavy (non-hydrogen) atoms.